The first-order valence-corrected chi connectivity index (χ1v) is 6.04. The molecule has 0 aliphatic rings. The Balaban J connectivity index is 2.29. The molecule has 0 bridgehead atoms. The molecular weight excluding hydrogens is 263 g/mol. The van der Waals surface area contributed by atoms with Gasteiger partial charge in [0.05, 0.1) is 18.1 Å². The molecule has 0 unspecified atom stereocenters. The van der Waals surface area contributed by atoms with Gasteiger partial charge in [0, 0.05) is 24.9 Å². The molecule has 1 aromatic heterocycles. The highest BCUT2D eigenvalue weighted by Gasteiger charge is 2.04. The first-order chi connectivity index (χ1) is 9.09. The fourth-order valence-electron chi connectivity index (χ4n) is 1.53. The molecule has 2 aromatic rings. The third kappa shape index (κ3) is 3.03. The van der Waals surface area contributed by atoms with E-state index in [9.17, 15) is 4.39 Å². The number of nitrogens with zero attached hydrogens (tertiary/aromatic N) is 3. The van der Waals surface area contributed by atoms with Crippen molar-refractivity contribution in [2.45, 2.75) is 0 Å². The summed E-state index contributed by atoms with van der Waals surface area (Å²) >= 11 is 5.03. The Labute approximate surface area is 115 Å². The lowest BCUT2D eigenvalue weighted by atomic mass is 10.1. The average Bonchev–Trinajstić information content (AvgIpc) is 2.41. The van der Waals surface area contributed by atoms with Gasteiger partial charge >= 0.3 is 0 Å². The number of thiocarbonyl (C=S) groups is 1. The van der Waals surface area contributed by atoms with Crippen molar-refractivity contribution in [3.63, 3.8) is 0 Å². The van der Waals surface area contributed by atoms with E-state index in [2.05, 4.69) is 15.5 Å². The lowest BCUT2D eigenvalue weighted by Gasteiger charge is -2.11. The molecule has 1 aromatic carbocycles. The number of nitrogens with one attached hydrogen (secondary N) is 1. The molecule has 0 spiro atoms. The Morgan fingerprint density at radius 1 is 1.37 bits per heavy atom. The van der Waals surface area contributed by atoms with Gasteiger partial charge in [0.25, 0.3) is 0 Å². The van der Waals surface area contributed by atoms with Gasteiger partial charge in [0.1, 0.15) is 5.82 Å². The minimum Gasteiger partial charge on any atom is -0.354 e. The van der Waals surface area contributed by atoms with E-state index >= 15 is 0 Å². The van der Waals surface area contributed by atoms with Crippen LogP contribution in [0, 0.1) is 5.82 Å². The molecule has 4 nitrogen and oxygen atoms in total. The first kappa shape index (κ1) is 13.4. The van der Waals surface area contributed by atoms with Crippen LogP contribution >= 0.6 is 12.2 Å². The van der Waals surface area contributed by atoms with Crippen LogP contribution in [0.3, 0.4) is 0 Å². The van der Waals surface area contributed by atoms with Crippen molar-refractivity contribution in [1.82, 2.24) is 15.3 Å². The van der Waals surface area contributed by atoms with Crippen molar-refractivity contribution in [3.8, 4) is 0 Å². The summed E-state index contributed by atoms with van der Waals surface area (Å²) in [5.41, 5.74) is 3.29. The Hall–Kier alpha value is -2.08. The molecule has 0 aliphatic carbocycles. The monoisotopic (exact) mass is 276 g/mol. The molecule has 0 saturated heterocycles. The maximum Gasteiger partial charge on any atom is 0.189 e. The first-order valence-electron chi connectivity index (χ1n) is 5.63. The van der Waals surface area contributed by atoms with Gasteiger partial charge in [-0.1, -0.05) is 24.3 Å². The average molecular weight is 276 g/mol. The maximum absolute atomic E-state index is 13.6. The molecule has 0 radical (unpaired) electrons. The van der Waals surface area contributed by atoms with Gasteiger partial charge in [-0.25, -0.2) is 4.39 Å². The molecule has 2 rings (SSSR count). The summed E-state index contributed by atoms with van der Waals surface area (Å²) in [5, 5.41) is 5.72. The van der Waals surface area contributed by atoms with E-state index in [0.29, 0.717) is 21.6 Å². The Bertz CT molecular complexity index is 640. The number of pyridine rings is 1. The molecule has 19 heavy (non-hydrogen) atoms. The van der Waals surface area contributed by atoms with Crippen LogP contribution in [0.1, 0.15) is 5.69 Å². The van der Waals surface area contributed by atoms with E-state index in [4.69, 9.17) is 12.2 Å². The van der Waals surface area contributed by atoms with Gasteiger partial charge < -0.3 is 4.90 Å². The fraction of sp³-hybridized carbons (Fsp3) is 0.154. The molecule has 1 heterocycles. The van der Waals surface area contributed by atoms with Crippen molar-refractivity contribution >= 4 is 34.3 Å². The van der Waals surface area contributed by atoms with Crippen LogP contribution in [-0.2, 0) is 0 Å². The SMILES string of the molecule is CN(C)C(=S)N/N=C\c1ncc(F)c2ccccc12. The van der Waals surface area contributed by atoms with Gasteiger partial charge in [-0.3, -0.25) is 10.4 Å². The third-order valence-corrected chi connectivity index (χ3v) is 2.99. The summed E-state index contributed by atoms with van der Waals surface area (Å²) in [6, 6.07) is 7.13. The van der Waals surface area contributed by atoms with Gasteiger partial charge in [-0.05, 0) is 12.2 Å². The smallest absolute Gasteiger partial charge is 0.189 e. The molecule has 0 aliphatic heterocycles. The fourth-order valence-corrected chi connectivity index (χ4v) is 1.58. The van der Waals surface area contributed by atoms with Crippen LogP contribution in [0.5, 0.6) is 0 Å². The summed E-state index contributed by atoms with van der Waals surface area (Å²) in [6.07, 6.45) is 2.71. The molecule has 0 amide bonds. The number of halogens is 1. The van der Waals surface area contributed by atoms with E-state index in [0.717, 1.165) is 0 Å². The van der Waals surface area contributed by atoms with Gasteiger partial charge in [-0.15, -0.1) is 0 Å². The highest BCUT2D eigenvalue weighted by atomic mass is 32.1. The van der Waals surface area contributed by atoms with Crippen LogP contribution in [0.4, 0.5) is 4.39 Å². The van der Waals surface area contributed by atoms with E-state index in [1.807, 2.05) is 20.2 Å². The number of aromatic nitrogens is 1. The predicted molar refractivity (Wildman–Crippen MR) is 78.7 cm³/mol. The van der Waals surface area contributed by atoms with Crippen molar-refractivity contribution in [2.75, 3.05) is 14.1 Å². The number of rotatable bonds is 2. The van der Waals surface area contributed by atoms with Crippen molar-refractivity contribution in [2.24, 2.45) is 5.10 Å². The third-order valence-electron chi connectivity index (χ3n) is 2.53. The van der Waals surface area contributed by atoms with Crippen LogP contribution in [0.25, 0.3) is 10.8 Å². The Morgan fingerprint density at radius 2 is 2.05 bits per heavy atom. The van der Waals surface area contributed by atoms with Crippen LogP contribution < -0.4 is 5.43 Å². The zero-order chi connectivity index (χ0) is 13.8. The molecule has 98 valence electrons. The van der Waals surface area contributed by atoms with Crippen molar-refractivity contribution in [1.29, 1.82) is 0 Å². The summed E-state index contributed by atoms with van der Waals surface area (Å²) in [7, 11) is 3.63. The largest absolute Gasteiger partial charge is 0.354 e. The lowest BCUT2D eigenvalue weighted by Crippen LogP contribution is -2.30. The van der Waals surface area contributed by atoms with Crippen LogP contribution in [-0.4, -0.2) is 35.3 Å². The van der Waals surface area contributed by atoms with Crippen molar-refractivity contribution in [3.05, 3.63) is 42.0 Å². The van der Waals surface area contributed by atoms with Gasteiger partial charge in [-0.2, -0.15) is 5.10 Å². The van der Waals surface area contributed by atoms with Gasteiger partial charge in [0.2, 0.25) is 0 Å². The van der Waals surface area contributed by atoms with E-state index in [1.54, 1.807) is 23.1 Å². The molecule has 6 heteroatoms. The second-order valence-corrected chi connectivity index (χ2v) is 4.49. The van der Waals surface area contributed by atoms with Crippen molar-refractivity contribution < 1.29 is 4.39 Å². The second kappa shape index (κ2) is 5.71. The summed E-state index contributed by atoms with van der Waals surface area (Å²) in [6.45, 7) is 0. The number of hydrogen-bond acceptors (Lipinski definition) is 3. The number of hydrogen-bond donors (Lipinski definition) is 1. The quantitative estimate of drug-likeness (QED) is 0.518. The van der Waals surface area contributed by atoms with E-state index in [1.165, 1.54) is 12.4 Å². The molecule has 0 fully saturated rings. The molecule has 0 saturated carbocycles. The van der Waals surface area contributed by atoms with Gasteiger partial charge in [0.15, 0.2) is 5.11 Å². The highest BCUT2D eigenvalue weighted by Crippen LogP contribution is 2.18. The van der Waals surface area contributed by atoms with Crippen LogP contribution in [0.2, 0.25) is 0 Å². The lowest BCUT2D eigenvalue weighted by molar-refractivity contribution is 0.606. The number of benzene rings is 1. The van der Waals surface area contributed by atoms with E-state index < -0.39 is 0 Å². The molecular formula is C13H13FN4S. The van der Waals surface area contributed by atoms with Crippen LogP contribution in [0.15, 0.2) is 35.6 Å². The predicted octanol–water partition coefficient (Wildman–Crippen LogP) is 2.14. The summed E-state index contributed by atoms with van der Waals surface area (Å²) in [4.78, 5) is 5.75. The summed E-state index contributed by atoms with van der Waals surface area (Å²) < 4.78 is 13.6. The highest BCUT2D eigenvalue weighted by molar-refractivity contribution is 7.80. The van der Waals surface area contributed by atoms with E-state index in [-0.39, 0.29) is 5.82 Å². The Kier molecular flexibility index (Phi) is 4.01. The maximum atomic E-state index is 13.6. The molecule has 1 N–H and O–H groups in total. The minimum absolute atomic E-state index is 0.343. The standard InChI is InChI=1S/C13H13FN4S/c1-18(2)13(19)17-16-8-12-10-6-4-3-5-9(10)11(14)7-15-12/h3-8H,1-2H3,(H,17,19)/b16-8-. The molecule has 0 atom stereocenters. The number of hydrazone groups is 1. The number of fused-ring (bicyclic) bond motifs is 1. The summed E-state index contributed by atoms with van der Waals surface area (Å²) in [5.74, 6) is -0.343. The minimum atomic E-state index is -0.343. The zero-order valence-corrected chi connectivity index (χ0v) is 11.4. The second-order valence-electron chi connectivity index (χ2n) is 4.11. The zero-order valence-electron chi connectivity index (χ0n) is 10.6. The Morgan fingerprint density at radius 3 is 2.74 bits per heavy atom. The topological polar surface area (TPSA) is 40.5 Å². The normalized spacial score (nSPS) is 10.9.